The average Bonchev–Trinajstić information content (AvgIpc) is 2.53. The number of ether oxygens (including phenoxy) is 2. The lowest BCUT2D eigenvalue weighted by Crippen LogP contribution is -2.35. The summed E-state index contributed by atoms with van der Waals surface area (Å²) in [5.41, 5.74) is 7.70. The third-order valence-corrected chi connectivity index (χ3v) is 7.17. The van der Waals surface area contributed by atoms with E-state index in [4.69, 9.17) is 15.2 Å². The van der Waals surface area contributed by atoms with E-state index < -0.39 is 0 Å². The summed E-state index contributed by atoms with van der Waals surface area (Å²) in [5.74, 6) is 4.12. The van der Waals surface area contributed by atoms with Crippen molar-refractivity contribution in [3.05, 3.63) is 23.8 Å². The highest BCUT2D eigenvalue weighted by Crippen LogP contribution is 2.41. The van der Waals surface area contributed by atoms with Crippen LogP contribution in [0.1, 0.15) is 24.9 Å². The van der Waals surface area contributed by atoms with Gasteiger partial charge in [-0.1, -0.05) is 13.0 Å². The number of hydrogen-bond donors (Lipinski definition) is 1. The molecule has 2 heterocycles. The molecule has 0 aliphatic carbocycles. The van der Waals surface area contributed by atoms with E-state index in [9.17, 15) is 0 Å². The van der Waals surface area contributed by atoms with E-state index in [0.717, 1.165) is 17.1 Å². The number of hydrogen-bond acceptors (Lipinski definition) is 5. The van der Waals surface area contributed by atoms with E-state index in [-0.39, 0.29) is 6.04 Å². The molecule has 110 valence electrons. The molecule has 3 nitrogen and oxygen atoms in total. The minimum absolute atomic E-state index is 0.0635. The third kappa shape index (κ3) is 2.90. The maximum absolute atomic E-state index is 6.54. The zero-order valence-electron chi connectivity index (χ0n) is 11.7. The Hall–Kier alpha value is -0.520. The van der Waals surface area contributed by atoms with Gasteiger partial charge in [-0.3, -0.25) is 0 Å². The van der Waals surface area contributed by atoms with Crippen LogP contribution in [0.4, 0.5) is 0 Å². The van der Waals surface area contributed by atoms with Crippen LogP contribution in [0.3, 0.4) is 0 Å². The summed E-state index contributed by atoms with van der Waals surface area (Å²) in [6.07, 6.45) is 1.18. The minimum atomic E-state index is 0.0635. The standard InChI is InChI=1S/C15H21NO2S2/c1-2-13-15(20-8-7-19-13)14(16)10-3-4-11-12(9-10)18-6-5-17-11/h3-4,9,13-15H,2,5-8,16H2,1H3. The van der Waals surface area contributed by atoms with Crippen molar-refractivity contribution in [2.24, 2.45) is 5.73 Å². The number of benzene rings is 1. The van der Waals surface area contributed by atoms with Gasteiger partial charge in [0.1, 0.15) is 13.2 Å². The van der Waals surface area contributed by atoms with Gasteiger partial charge in [0, 0.05) is 28.0 Å². The molecule has 0 spiro atoms. The maximum atomic E-state index is 6.54. The fourth-order valence-electron chi connectivity index (χ4n) is 2.73. The first-order valence-electron chi connectivity index (χ1n) is 7.18. The highest BCUT2D eigenvalue weighted by atomic mass is 32.2. The van der Waals surface area contributed by atoms with Crippen LogP contribution in [0.15, 0.2) is 18.2 Å². The quantitative estimate of drug-likeness (QED) is 0.929. The van der Waals surface area contributed by atoms with Crippen LogP contribution in [0, 0.1) is 0 Å². The Balaban J connectivity index is 1.80. The molecule has 0 aromatic heterocycles. The minimum Gasteiger partial charge on any atom is -0.486 e. The number of thioether (sulfide) groups is 2. The lowest BCUT2D eigenvalue weighted by atomic mass is 10.0. The number of fused-ring (bicyclic) bond motifs is 1. The van der Waals surface area contributed by atoms with E-state index in [2.05, 4.69) is 30.8 Å². The van der Waals surface area contributed by atoms with Crippen molar-refractivity contribution in [3.63, 3.8) is 0 Å². The molecular weight excluding hydrogens is 290 g/mol. The maximum Gasteiger partial charge on any atom is 0.161 e. The predicted molar refractivity (Wildman–Crippen MR) is 87.1 cm³/mol. The normalized spacial score (nSPS) is 27.1. The van der Waals surface area contributed by atoms with Crippen molar-refractivity contribution < 1.29 is 9.47 Å². The van der Waals surface area contributed by atoms with Gasteiger partial charge >= 0.3 is 0 Å². The van der Waals surface area contributed by atoms with Crippen LogP contribution >= 0.6 is 23.5 Å². The molecule has 1 aromatic rings. The summed E-state index contributed by atoms with van der Waals surface area (Å²) in [4.78, 5) is 0. The van der Waals surface area contributed by atoms with E-state index in [0.29, 0.717) is 23.7 Å². The van der Waals surface area contributed by atoms with Crippen molar-refractivity contribution in [3.8, 4) is 11.5 Å². The van der Waals surface area contributed by atoms with Crippen molar-refractivity contribution in [1.82, 2.24) is 0 Å². The zero-order valence-corrected chi connectivity index (χ0v) is 13.3. The van der Waals surface area contributed by atoms with Crippen LogP contribution in [-0.2, 0) is 0 Å². The lowest BCUT2D eigenvalue weighted by molar-refractivity contribution is 0.171. The largest absolute Gasteiger partial charge is 0.486 e. The summed E-state index contributed by atoms with van der Waals surface area (Å²) >= 11 is 4.08. The molecule has 0 saturated carbocycles. The molecule has 2 aliphatic heterocycles. The van der Waals surface area contributed by atoms with E-state index in [1.807, 2.05) is 17.8 Å². The topological polar surface area (TPSA) is 44.5 Å². The summed E-state index contributed by atoms with van der Waals surface area (Å²) in [5, 5.41) is 1.14. The monoisotopic (exact) mass is 311 g/mol. The molecule has 5 heteroatoms. The summed E-state index contributed by atoms with van der Waals surface area (Å²) in [6, 6.07) is 6.20. The molecule has 3 rings (SSSR count). The van der Waals surface area contributed by atoms with E-state index in [1.54, 1.807) is 0 Å². The van der Waals surface area contributed by atoms with E-state index in [1.165, 1.54) is 17.9 Å². The second kappa shape index (κ2) is 6.50. The first-order chi connectivity index (χ1) is 9.79. The molecule has 2 aliphatic rings. The van der Waals surface area contributed by atoms with Crippen molar-refractivity contribution in [2.45, 2.75) is 29.9 Å². The highest BCUT2D eigenvalue weighted by Gasteiger charge is 2.31. The fraction of sp³-hybridized carbons (Fsp3) is 0.600. The molecule has 0 bridgehead atoms. The van der Waals surface area contributed by atoms with Gasteiger partial charge in [-0.2, -0.15) is 23.5 Å². The fourth-order valence-corrected chi connectivity index (χ4v) is 5.91. The molecule has 3 unspecified atom stereocenters. The summed E-state index contributed by atoms with van der Waals surface area (Å²) in [7, 11) is 0. The predicted octanol–water partition coefficient (Wildman–Crippen LogP) is 3.08. The van der Waals surface area contributed by atoms with Gasteiger partial charge in [-0.05, 0) is 24.1 Å². The summed E-state index contributed by atoms with van der Waals surface area (Å²) < 4.78 is 11.2. The van der Waals surface area contributed by atoms with Crippen LogP contribution < -0.4 is 15.2 Å². The second-order valence-electron chi connectivity index (χ2n) is 5.08. The Morgan fingerprint density at radius 3 is 2.75 bits per heavy atom. The second-order valence-corrected chi connectivity index (χ2v) is 7.71. The van der Waals surface area contributed by atoms with Crippen LogP contribution in [0.5, 0.6) is 11.5 Å². The van der Waals surface area contributed by atoms with Crippen LogP contribution in [0.25, 0.3) is 0 Å². The molecule has 0 radical (unpaired) electrons. The highest BCUT2D eigenvalue weighted by molar-refractivity contribution is 8.07. The Morgan fingerprint density at radius 1 is 1.20 bits per heavy atom. The van der Waals surface area contributed by atoms with Gasteiger partial charge in [0.2, 0.25) is 0 Å². The van der Waals surface area contributed by atoms with Crippen LogP contribution in [0.2, 0.25) is 0 Å². The van der Waals surface area contributed by atoms with Gasteiger partial charge in [-0.15, -0.1) is 0 Å². The van der Waals surface area contributed by atoms with Crippen molar-refractivity contribution >= 4 is 23.5 Å². The zero-order chi connectivity index (χ0) is 13.9. The Labute approximate surface area is 129 Å². The SMILES string of the molecule is CCC1SCCSC1C(N)c1ccc2c(c1)OCCO2. The first-order valence-corrected chi connectivity index (χ1v) is 9.27. The van der Waals surface area contributed by atoms with Gasteiger partial charge in [0.05, 0.1) is 0 Å². The molecular formula is C15H21NO2S2. The molecule has 1 fully saturated rings. The van der Waals surface area contributed by atoms with Crippen molar-refractivity contribution in [1.29, 1.82) is 0 Å². The average molecular weight is 311 g/mol. The molecule has 3 atom stereocenters. The molecule has 1 saturated heterocycles. The Bertz CT molecular complexity index is 469. The first kappa shape index (κ1) is 14.4. The number of nitrogens with two attached hydrogens (primary N) is 1. The van der Waals surface area contributed by atoms with Gasteiger partial charge < -0.3 is 15.2 Å². The Morgan fingerprint density at radius 2 is 1.95 bits per heavy atom. The van der Waals surface area contributed by atoms with Gasteiger partial charge in [-0.25, -0.2) is 0 Å². The number of rotatable bonds is 3. The summed E-state index contributed by atoms with van der Waals surface area (Å²) in [6.45, 7) is 3.51. The van der Waals surface area contributed by atoms with Gasteiger partial charge in [0.15, 0.2) is 11.5 Å². The van der Waals surface area contributed by atoms with E-state index >= 15 is 0 Å². The molecule has 0 amide bonds. The van der Waals surface area contributed by atoms with Crippen molar-refractivity contribution in [2.75, 3.05) is 24.7 Å². The smallest absolute Gasteiger partial charge is 0.161 e. The Kier molecular flexibility index (Phi) is 4.68. The third-order valence-electron chi connectivity index (χ3n) is 3.80. The lowest BCUT2D eigenvalue weighted by Gasteiger charge is -2.34. The van der Waals surface area contributed by atoms with Gasteiger partial charge in [0.25, 0.3) is 0 Å². The molecule has 2 N–H and O–H groups in total. The molecule has 1 aromatic carbocycles. The molecule has 20 heavy (non-hydrogen) atoms. The van der Waals surface area contributed by atoms with Crippen LogP contribution in [-0.4, -0.2) is 35.2 Å².